The van der Waals surface area contributed by atoms with Crippen molar-refractivity contribution in [2.24, 2.45) is 10.9 Å². The third-order valence-electron chi connectivity index (χ3n) is 3.11. The molecule has 2 rings (SSSR count). The lowest BCUT2D eigenvalue weighted by Gasteiger charge is -2.11. The Balaban J connectivity index is 1.97. The summed E-state index contributed by atoms with van der Waals surface area (Å²) >= 11 is 0. The standard InChI is InChI=1S/C14H19N5O2/c1-21-13-3-2-11(14(15)18-20)8-12(13)9-16-4-6-19-7-5-17-10-19/h2-3,5,7-8,10,16,20H,4,6,9H2,1H3,(H2,15,18). The average molecular weight is 289 g/mol. The second-order valence-electron chi connectivity index (χ2n) is 4.49. The highest BCUT2D eigenvalue weighted by Crippen LogP contribution is 2.19. The Morgan fingerprint density at radius 2 is 2.38 bits per heavy atom. The molecule has 1 aromatic heterocycles. The van der Waals surface area contributed by atoms with E-state index in [1.54, 1.807) is 31.8 Å². The number of imidazole rings is 1. The fraction of sp³-hybridized carbons (Fsp3) is 0.286. The van der Waals surface area contributed by atoms with E-state index < -0.39 is 0 Å². The normalized spacial score (nSPS) is 11.6. The number of nitrogens with one attached hydrogen (secondary N) is 1. The molecule has 2 aromatic rings. The van der Waals surface area contributed by atoms with Gasteiger partial charge >= 0.3 is 0 Å². The Kier molecular flexibility index (Phi) is 5.16. The van der Waals surface area contributed by atoms with Crippen LogP contribution >= 0.6 is 0 Å². The zero-order chi connectivity index (χ0) is 15.1. The highest BCUT2D eigenvalue weighted by atomic mass is 16.5. The van der Waals surface area contributed by atoms with Gasteiger partial charge in [-0.2, -0.15) is 0 Å². The van der Waals surface area contributed by atoms with E-state index >= 15 is 0 Å². The number of rotatable bonds is 7. The fourth-order valence-corrected chi connectivity index (χ4v) is 1.98. The molecular formula is C14H19N5O2. The van der Waals surface area contributed by atoms with E-state index in [0.717, 1.165) is 24.4 Å². The molecule has 0 unspecified atom stereocenters. The van der Waals surface area contributed by atoms with E-state index in [0.29, 0.717) is 12.1 Å². The molecule has 0 amide bonds. The summed E-state index contributed by atoms with van der Waals surface area (Å²) in [7, 11) is 1.62. The molecule has 0 radical (unpaired) electrons. The van der Waals surface area contributed by atoms with Gasteiger partial charge < -0.3 is 25.6 Å². The number of oxime groups is 1. The number of nitrogens with zero attached hydrogens (tertiary/aromatic N) is 3. The Morgan fingerprint density at radius 3 is 3.05 bits per heavy atom. The number of aromatic nitrogens is 2. The van der Waals surface area contributed by atoms with E-state index in [9.17, 15) is 0 Å². The molecule has 0 atom stereocenters. The van der Waals surface area contributed by atoms with Crippen LogP contribution in [0.4, 0.5) is 0 Å². The van der Waals surface area contributed by atoms with Crippen LogP contribution in [0.3, 0.4) is 0 Å². The van der Waals surface area contributed by atoms with E-state index in [2.05, 4.69) is 15.5 Å². The zero-order valence-electron chi connectivity index (χ0n) is 11.9. The van der Waals surface area contributed by atoms with E-state index in [4.69, 9.17) is 15.7 Å². The van der Waals surface area contributed by atoms with Gasteiger partial charge in [-0.25, -0.2) is 4.98 Å². The lowest BCUT2D eigenvalue weighted by atomic mass is 10.1. The zero-order valence-corrected chi connectivity index (χ0v) is 11.9. The summed E-state index contributed by atoms with van der Waals surface area (Å²) in [6, 6.07) is 5.40. The molecule has 0 aliphatic heterocycles. The van der Waals surface area contributed by atoms with Crippen molar-refractivity contribution in [3.05, 3.63) is 48.0 Å². The second kappa shape index (κ2) is 7.30. The maximum atomic E-state index is 8.73. The monoisotopic (exact) mass is 289 g/mol. The van der Waals surface area contributed by atoms with Crippen LogP contribution in [0.2, 0.25) is 0 Å². The molecule has 0 aliphatic carbocycles. The molecule has 7 nitrogen and oxygen atoms in total. The lowest BCUT2D eigenvalue weighted by Crippen LogP contribution is -2.20. The van der Waals surface area contributed by atoms with Crippen LogP contribution in [0.1, 0.15) is 11.1 Å². The predicted molar refractivity (Wildman–Crippen MR) is 79.4 cm³/mol. The molecule has 0 aliphatic rings. The first kappa shape index (κ1) is 14.9. The minimum absolute atomic E-state index is 0.0809. The molecule has 0 fully saturated rings. The molecule has 0 spiro atoms. The summed E-state index contributed by atoms with van der Waals surface area (Å²) in [6.07, 6.45) is 5.45. The molecule has 112 valence electrons. The minimum atomic E-state index is 0.0809. The lowest BCUT2D eigenvalue weighted by molar-refractivity contribution is 0.318. The molecule has 0 saturated heterocycles. The first-order chi connectivity index (χ1) is 10.2. The largest absolute Gasteiger partial charge is 0.496 e. The molecule has 1 aromatic carbocycles. The Labute approximate surface area is 123 Å². The number of ether oxygens (including phenoxy) is 1. The van der Waals surface area contributed by atoms with Gasteiger partial charge in [-0.15, -0.1) is 0 Å². The summed E-state index contributed by atoms with van der Waals surface area (Å²) < 4.78 is 7.32. The van der Waals surface area contributed by atoms with Crippen LogP contribution in [0, 0.1) is 0 Å². The summed E-state index contributed by atoms with van der Waals surface area (Å²) in [6.45, 7) is 2.26. The van der Waals surface area contributed by atoms with Gasteiger partial charge in [0, 0.05) is 43.2 Å². The van der Waals surface area contributed by atoms with E-state index in [1.807, 2.05) is 16.8 Å². The SMILES string of the molecule is COc1ccc(/C(N)=N/O)cc1CNCCn1ccnc1. The summed E-state index contributed by atoms with van der Waals surface area (Å²) in [5, 5.41) is 15.1. The first-order valence-corrected chi connectivity index (χ1v) is 6.56. The number of methoxy groups -OCH3 is 1. The Hall–Kier alpha value is -2.54. The Bertz CT molecular complexity index is 595. The van der Waals surface area contributed by atoms with Gasteiger partial charge in [0.15, 0.2) is 5.84 Å². The van der Waals surface area contributed by atoms with Crippen LogP contribution in [0.25, 0.3) is 0 Å². The van der Waals surface area contributed by atoms with Gasteiger partial charge in [-0.1, -0.05) is 5.16 Å². The maximum absolute atomic E-state index is 8.73. The van der Waals surface area contributed by atoms with Crippen molar-refractivity contribution in [1.82, 2.24) is 14.9 Å². The highest BCUT2D eigenvalue weighted by Gasteiger charge is 2.07. The van der Waals surface area contributed by atoms with Crippen molar-refractivity contribution < 1.29 is 9.94 Å². The summed E-state index contributed by atoms with van der Waals surface area (Å²) in [5.41, 5.74) is 7.21. The molecular weight excluding hydrogens is 270 g/mol. The number of nitrogens with two attached hydrogens (primary N) is 1. The smallest absolute Gasteiger partial charge is 0.170 e. The fourth-order valence-electron chi connectivity index (χ4n) is 1.98. The van der Waals surface area contributed by atoms with Crippen LogP contribution in [0.15, 0.2) is 42.1 Å². The molecule has 7 heteroatoms. The minimum Gasteiger partial charge on any atom is -0.496 e. The third-order valence-corrected chi connectivity index (χ3v) is 3.11. The molecule has 4 N–H and O–H groups in total. The highest BCUT2D eigenvalue weighted by molar-refractivity contribution is 5.97. The van der Waals surface area contributed by atoms with Gasteiger partial charge in [0.25, 0.3) is 0 Å². The topological polar surface area (TPSA) is 97.7 Å². The van der Waals surface area contributed by atoms with Crippen LogP contribution < -0.4 is 15.8 Å². The van der Waals surface area contributed by atoms with Gasteiger partial charge in [-0.05, 0) is 18.2 Å². The molecule has 0 bridgehead atoms. The second-order valence-corrected chi connectivity index (χ2v) is 4.49. The number of benzene rings is 1. The molecule has 0 saturated carbocycles. The summed E-state index contributed by atoms with van der Waals surface area (Å²) in [4.78, 5) is 3.99. The summed E-state index contributed by atoms with van der Waals surface area (Å²) in [5.74, 6) is 0.844. The van der Waals surface area contributed by atoms with Crippen molar-refractivity contribution in [2.45, 2.75) is 13.1 Å². The van der Waals surface area contributed by atoms with Crippen molar-refractivity contribution in [3.8, 4) is 5.75 Å². The van der Waals surface area contributed by atoms with Gasteiger partial charge in [0.2, 0.25) is 0 Å². The van der Waals surface area contributed by atoms with Gasteiger partial charge in [-0.3, -0.25) is 0 Å². The number of hydrogen-bond donors (Lipinski definition) is 3. The van der Waals surface area contributed by atoms with Crippen LogP contribution in [-0.2, 0) is 13.1 Å². The van der Waals surface area contributed by atoms with E-state index in [1.165, 1.54) is 0 Å². The quantitative estimate of drug-likeness (QED) is 0.230. The van der Waals surface area contributed by atoms with Crippen molar-refractivity contribution in [1.29, 1.82) is 0 Å². The molecule has 1 heterocycles. The van der Waals surface area contributed by atoms with E-state index in [-0.39, 0.29) is 5.84 Å². The Morgan fingerprint density at radius 1 is 1.52 bits per heavy atom. The average Bonchev–Trinajstić information content (AvgIpc) is 3.04. The van der Waals surface area contributed by atoms with Crippen molar-refractivity contribution in [3.63, 3.8) is 0 Å². The van der Waals surface area contributed by atoms with Crippen molar-refractivity contribution in [2.75, 3.05) is 13.7 Å². The van der Waals surface area contributed by atoms with Crippen molar-refractivity contribution >= 4 is 5.84 Å². The van der Waals surface area contributed by atoms with Gasteiger partial charge in [0.1, 0.15) is 5.75 Å². The number of hydrogen-bond acceptors (Lipinski definition) is 5. The van der Waals surface area contributed by atoms with Crippen LogP contribution in [0.5, 0.6) is 5.75 Å². The first-order valence-electron chi connectivity index (χ1n) is 6.56. The van der Waals surface area contributed by atoms with Crippen LogP contribution in [-0.4, -0.2) is 34.2 Å². The molecule has 21 heavy (non-hydrogen) atoms. The predicted octanol–water partition coefficient (Wildman–Crippen LogP) is 0.776. The maximum Gasteiger partial charge on any atom is 0.170 e. The third kappa shape index (κ3) is 3.96. The van der Waals surface area contributed by atoms with Gasteiger partial charge in [0.05, 0.1) is 13.4 Å². The number of amidine groups is 1.